The fourth-order valence-corrected chi connectivity index (χ4v) is 4.96. The van der Waals surface area contributed by atoms with Gasteiger partial charge in [0.25, 0.3) is 11.6 Å². The molecule has 3 aromatic rings. The molecule has 0 radical (unpaired) electrons. The van der Waals surface area contributed by atoms with Crippen LogP contribution in [0.1, 0.15) is 28.8 Å². The molecule has 0 unspecified atom stereocenters. The standard InChI is InChI=1S/C20H18FN5O3S2/c21-14-5-3-13(4-6-14)12-30-20-24-23-19(31-20)22-18(27)16-11-15(26(28)29)7-8-17(16)25-9-1-2-10-25/h3-8,11H,1-2,9-10,12H2,(H,22,23,27). The van der Waals surface area contributed by atoms with Crippen molar-refractivity contribution in [2.75, 3.05) is 23.3 Å². The quantitative estimate of drug-likeness (QED) is 0.236. The van der Waals surface area contributed by atoms with E-state index in [1.54, 1.807) is 18.2 Å². The Morgan fingerprint density at radius 3 is 2.65 bits per heavy atom. The van der Waals surface area contributed by atoms with Gasteiger partial charge in [0.05, 0.1) is 16.2 Å². The Hall–Kier alpha value is -3.05. The van der Waals surface area contributed by atoms with E-state index >= 15 is 0 Å². The lowest BCUT2D eigenvalue weighted by Gasteiger charge is -2.20. The molecule has 1 aromatic heterocycles. The highest BCUT2D eigenvalue weighted by atomic mass is 32.2. The second-order valence-electron chi connectivity index (χ2n) is 6.90. The summed E-state index contributed by atoms with van der Waals surface area (Å²) in [7, 11) is 0. The first kappa shape index (κ1) is 21.2. The Bertz CT molecular complexity index is 1100. The van der Waals surface area contributed by atoms with Crippen LogP contribution in [0.15, 0.2) is 46.8 Å². The van der Waals surface area contributed by atoms with Crippen LogP contribution >= 0.6 is 23.1 Å². The largest absolute Gasteiger partial charge is 0.371 e. The molecule has 11 heteroatoms. The molecule has 1 amide bonds. The van der Waals surface area contributed by atoms with Crippen LogP contribution in [0.25, 0.3) is 0 Å². The number of nitro groups is 1. The summed E-state index contributed by atoms with van der Waals surface area (Å²) in [6.07, 6.45) is 2.03. The number of nitro benzene ring substituents is 1. The maximum atomic E-state index is 13.0. The van der Waals surface area contributed by atoms with Crippen molar-refractivity contribution in [2.24, 2.45) is 0 Å². The van der Waals surface area contributed by atoms with Gasteiger partial charge in [-0.25, -0.2) is 4.39 Å². The molecule has 1 saturated heterocycles. The molecule has 2 heterocycles. The van der Waals surface area contributed by atoms with E-state index in [0.29, 0.717) is 20.9 Å². The minimum atomic E-state index is -0.514. The number of nitrogens with zero attached hydrogens (tertiary/aromatic N) is 4. The van der Waals surface area contributed by atoms with E-state index in [1.165, 1.54) is 47.4 Å². The van der Waals surface area contributed by atoms with Crippen LogP contribution in [-0.2, 0) is 5.75 Å². The number of anilines is 2. The highest BCUT2D eigenvalue weighted by Crippen LogP contribution is 2.31. The molecule has 31 heavy (non-hydrogen) atoms. The number of hydrogen-bond donors (Lipinski definition) is 1. The highest BCUT2D eigenvalue weighted by Gasteiger charge is 2.23. The second kappa shape index (κ2) is 9.40. The lowest BCUT2D eigenvalue weighted by Crippen LogP contribution is -2.23. The van der Waals surface area contributed by atoms with Gasteiger partial charge in [0.2, 0.25) is 5.13 Å². The van der Waals surface area contributed by atoms with E-state index in [-0.39, 0.29) is 17.1 Å². The van der Waals surface area contributed by atoms with Crippen LogP contribution in [0.3, 0.4) is 0 Å². The van der Waals surface area contributed by atoms with Crippen molar-refractivity contribution in [3.05, 3.63) is 69.5 Å². The van der Waals surface area contributed by atoms with Crippen LogP contribution in [-0.4, -0.2) is 34.1 Å². The highest BCUT2D eigenvalue weighted by molar-refractivity contribution is 8.00. The molecule has 1 aliphatic rings. The van der Waals surface area contributed by atoms with Crippen molar-refractivity contribution in [2.45, 2.75) is 22.9 Å². The molecule has 2 aromatic carbocycles. The predicted octanol–water partition coefficient (Wildman–Crippen LogP) is 4.73. The average Bonchev–Trinajstić information content (AvgIpc) is 3.45. The van der Waals surface area contributed by atoms with Gasteiger partial charge in [0, 0.05) is 31.0 Å². The zero-order valence-electron chi connectivity index (χ0n) is 16.3. The Morgan fingerprint density at radius 1 is 1.19 bits per heavy atom. The summed E-state index contributed by atoms with van der Waals surface area (Å²) in [5.74, 6) is -0.159. The summed E-state index contributed by atoms with van der Waals surface area (Å²) >= 11 is 2.64. The molecule has 1 N–H and O–H groups in total. The fraction of sp³-hybridized carbons (Fsp3) is 0.250. The number of halogens is 1. The first-order valence-electron chi connectivity index (χ1n) is 9.55. The molecular formula is C20H18FN5O3S2. The number of hydrogen-bond acceptors (Lipinski definition) is 8. The van der Waals surface area contributed by atoms with E-state index in [4.69, 9.17) is 0 Å². The van der Waals surface area contributed by atoms with Gasteiger partial charge in [-0.3, -0.25) is 20.2 Å². The lowest BCUT2D eigenvalue weighted by molar-refractivity contribution is -0.384. The molecule has 8 nitrogen and oxygen atoms in total. The molecule has 0 atom stereocenters. The van der Waals surface area contributed by atoms with E-state index in [2.05, 4.69) is 20.4 Å². The number of amides is 1. The minimum absolute atomic E-state index is 0.138. The third-order valence-electron chi connectivity index (χ3n) is 4.78. The van der Waals surface area contributed by atoms with Crippen molar-refractivity contribution in [3.8, 4) is 0 Å². The van der Waals surface area contributed by atoms with E-state index in [9.17, 15) is 19.3 Å². The summed E-state index contributed by atoms with van der Waals surface area (Å²) < 4.78 is 13.7. The zero-order chi connectivity index (χ0) is 21.8. The van der Waals surface area contributed by atoms with Crippen molar-refractivity contribution in [1.82, 2.24) is 10.2 Å². The molecule has 0 bridgehead atoms. The lowest BCUT2D eigenvalue weighted by atomic mass is 10.1. The maximum Gasteiger partial charge on any atom is 0.270 e. The molecule has 1 aliphatic heterocycles. The van der Waals surface area contributed by atoms with E-state index < -0.39 is 10.8 Å². The first-order valence-corrected chi connectivity index (χ1v) is 11.4. The average molecular weight is 460 g/mol. The van der Waals surface area contributed by atoms with E-state index in [1.807, 2.05) is 0 Å². The zero-order valence-corrected chi connectivity index (χ0v) is 17.9. The van der Waals surface area contributed by atoms with Gasteiger partial charge in [0.1, 0.15) is 5.82 Å². The summed E-state index contributed by atoms with van der Waals surface area (Å²) in [6, 6.07) is 10.6. The van der Waals surface area contributed by atoms with Gasteiger partial charge in [-0.1, -0.05) is 35.2 Å². The van der Waals surface area contributed by atoms with Gasteiger partial charge in [0.15, 0.2) is 4.34 Å². The molecular weight excluding hydrogens is 441 g/mol. The van der Waals surface area contributed by atoms with Crippen LogP contribution in [0.2, 0.25) is 0 Å². The smallest absolute Gasteiger partial charge is 0.270 e. The van der Waals surface area contributed by atoms with Gasteiger partial charge in [-0.2, -0.15) is 0 Å². The Labute approximate surface area is 185 Å². The van der Waals surface area contributed by atoms with Crippen molar-refractivity contribution in [3.63, 3.8) is 0 Å². The van der Waals surface area contributed by atoms with Crippen molar-refractivity contribution in [1.29, 1.82) is 0 Å². The second-order valence-corrected chi connectivity index (χ2v) is 9.10. The number of non-ortho nitro benzene ring substituents is 1. The van der Waals surface area contributed by atoms with E-state index in [0.717, 1.165) is 31.5 Å². The molecule has 1 fully saturated rings. The Balaban J connectivity index is 1.47. The van der Waals surface area contributed by atoms with Crippen LogP contribution < -0.4 is 10.2 Å². The molecule has 4 rings (SSSR count). The molecule has 0 spiro atoms. The molecule has 0 saturated carbocycles. The van der Waals surface area contributed by atoms with Crippen LogP contribution in [0.5, 0.6) is 0 Å². The number of thioether (sulfide) groups is 1. The third kappa shape index (κ3) is 5.17. The van der Waals surface area contributed by atoms with Gasteiger partial charge in [-0.15, -0.1) is 10.2 Å². The van der Waals surface area contributed by atoms with Crippen molar-refractivity contribution < 1.29 is 14.1 Å². The summed E-state index contributed by atoms with van der Waals surface area (Å²) in [5.41, 5.74) is 1.72. The number of carbonyl (C=O) groups is 1. The SMILES string of the molecule is O=C(Nc1nnc(SCc2ccc(F)cc2)s1)c1cc([N+](=O)[O-])ccc1N1CCCC1. The number of benzene rings is 2. The van der Waals surface area contributed by atoms with Crippen LogP contribution in [0, 0.1) is 15.9 Å². The normalized spacial score (nSPS) is 13.4. The number of aromatic nitrogens is 2. The van der Waals surface area contributed by atoms with Crippen molar-refractivity contribution >= 4 is 45.5 Å². The summed E-state index contributed by atoms with van der Waals surface area (Å²) in [6.45, 7) is 1.61. The summed E-state index contributed by atoms with van der Waals surface area (Å²) in [4.78, 5) is 25.7. The van der Waals surface area contributed by atoms with Gasteiger partial charge in [-0.05, 0) is 36.6 Å². The first-order chi connectivity index (χ1) is 15.0. The van der Waals surface area contributed by atoms with Gasteiger partial charge >= 0.3 is 0 Å². The maximum absolute atomic E-state index is 13.0. The van der Waals surface area contributed by atoms with Crippen LogP contribution in [0.4, 0.5) is 20.9 Å². The molecule has 0 aliphatic carbocycles. The Morgan fingerprint density at radius 2 is 1.94 bits per heavy atom. The monoisotopic (exact) mass is 459 g/mol. The number of nitrogens with one attached hydrogen (secondary N) is 1. The number of rotatable bonds is 7. The van der Waals surface area contributed by atoms with Gasteiger partial charge < -0.3 is 4.90 Å². The Kier molecular flexibility index (Phi) is 6.42. The number of carbonyl (C=O) groups excluding carboxylic acids is 1. The topological polar surface area (TPSA) is 101 Å². The summed E-state index contributed by atoms with van der Waals surface area (Å²) in [5, 5.41) is 22.3. The minimum Gasteiger partial charge on any atom is -0.371 e. The predicted molar refractivity (Wildman–Crippen MR) is 118 cm³/mol. The molecule has 160 valence electrons. The third-order valence-corrected chi connectivity index (χ3v) is 6.83. The fourth-order valence-electron chi connectivity index (χ4n) is 3.26.